The molecule has 1 unspecified atom stereocenters. The Morgan fingerprint density at radius 1 is 1.33 bits per heavy atom. The van der Waals surface area contributed by atoms with E-state index in [4.69, 9.17) is 4.74 Å². The number of nitrogens with zero attached hydrogens (tertiary/aromatic N) is 1. The summed E-state index contributed by atoms with van der Waals surface area (Å²) in [5.41, 5.74) is 0. The summed E-state index contributed by atoms with van der Waals surface area (Å²) in [5, 5.41) is 2.75. The summed E-state index contributed by atoms with van der Waals surface area (Å²) in [7, 11) is -4.29. The standard InChI is InChI=1S/C15H19F3N2O3S/c16-11-3-4-13(23-9-10-1-2-10)14(7-11)24(21,22)20-6-5-19-8-12(20)15(17)18/h3-4,7,10,12,15,19H,1-2,5-6,8-9H2. The summed E-state index contributed by atoms with van der Waals surface area (Å²) in [6.07, 6.45) is -0.819. The first-order valence-corrected chi connectivity index (χ1v) is 9.26. The lowest BCUT2D eigenvalue weighted by Crippen LogP contribution is -2.56. The first-order chi connectivity index (χ1) is 11.4. The summed E-state index contributed by atoms with van der Waals surface area (Å²) in [6.45, 7) is 0.352. The summed E-state index contributed by atoms with van der Waals surface area (Å²) < 4.78 is 72.0. The van der Waals surface area contributed by atoms with Gasteiger partial charge in [-0.2, -0.15) is 4.31 Å². The molecule has 5 nitrogen and oxygen atoms in total. The zero-order chi connectivity index (χ0) is 17.3. The fourth-order valence-corrected chi connectivity index (χ4v) is 4.39. The van der Waals surface area contributed by atoms with Gasteiger partial charge in [-0.1, -0.05) is 0 Å². The van der Waals surface area contributed by atoms with E-state index in [1.807, 2.05) is 0 Å². The van der Waals surface area contributed by atoms with Crippen LogP contribution in [-0.4, -0.2) is 51.4 Å². The third kappa shape index (κ3) is 3.68. The highest BCUT2D eigenvalue weighted by molar-refractivity contribution is 7.89. The normalized spacial score (nSPS) is 22.8. The van der Waals surface area contributed by atoms with Crippen LogP contribution in [0.4, 0.5) is 13.2 Å². The third-order valence-corrected chi connectivity index (χ3v) is 6.13. The van der Waals surface area contributed by atoms with Crippen LogP contribution >= 0.6 is 0 Å². The van der Waals surface area contributed by atoms with Crippen LogP contribution < -0.4 is 10.1 Å². The van der Waals surface area contributed by atoms with E-state index >= 15 is 0 Å². The first kappa shape index (κ1) is 17.5. The molecular weight excluding hydrogens is 345 g/mol. The zero-order valence-corrected chi connectivity index (χ0v) is 13.7. The number of benzene rings is 1. The van der Waals surface area contributed by atoms with Crippen LogP contribution in [0, 0.1) is 11.7 Å². The molecular formula is C15H19F3N2O3S. The number of piperazine rings is 1. The number of hydrogen-bond acceptors (Lipinski definition) is 4. The molecule has 24 heavy (non-hydrogen) atoms. The Bertz CT molecular complexity index is 695. The van der Waals surface area contributed by atoms with Crippen LogP contribution in [0.3, 0.4) is 0 Å². The number of ether oxygens (including phenoxy) is 1. The molecule has 1 N–H and O–H groups in total. The Morgan fingerprint density at radius 2 is 2.08 bits per heavy atom. The van der Waals surface area contributed by atoms with Crippen LogP contribution in [0.15, 0.2) is 23.1 Å². The van der Waals surface area contributed by atoms with Gasteiger partial charge in [0.05, 0.1) is 12.6 Å². The largest absolute Gasteiger partial charge is 0.492 e. The number of nitrogens with one attached hydrogen (secondary N) is 1. The van der Waals surface area contributed by atoms with Crippen molar-refractivity contribution in [2.24, 2.45) is 5.92 Å². The minimum Gasteiger partial charge on any atom is -0.492 e. The molecule has 3 rings (SSSR count). The van der Waals surface area contributed by atoms with Gasteiger partial charge in [0.25, 0.3) is 6.43 Å². The third-order valence-electron chi connectivity index (χ3n) is 4.19. The molecule has 1 heterocycles. The minimum atomic E-state index is -4.29. The van der Waals surface area contributed by atoms with E-state index in [0.717, 1.165) is 29.3 Å². The molecule has 1 saturated carbocycles. The van der Waals surface area contributed by atoms with Gasteiger partial charge in [0.1, 0.15) is 16.5 Å². The van der Waals surface area contributed by atoms with Crippen molar-refractivity contribution >= 4 is 10.0 Å². The predicted octanol–water partition coefficient (Wildman–Crippen LogP) is 1.84. The second-order valence-electron chi connectivity index (χ2n) is 6.07. The molecule has 2 aliphatic rings. The molecule has 0 aromatic heterocycles. The van der Waals surface area contributed by atoms with E-state index in [2.05, 4.69) is 5.32 Å². The topological polar surface area (TPSA) is 58.6 Å². The number of sulfonamides is 1. The van der Waals surface area contributed by atoms with Gasteiger partial charge >= 0.3 is 0 Å². The number of hydrogen-bond donors (Lipinski definition) is 1. The Hall–Kier alpha value is -1.32. The van der Waals surface area contributed by atoms with Gasteiger partial charge in [0.15, 0.2) is 0 Å². The van der Waals surface area contributed by atoms with Crippen LogP contribution in [0.2, 0.25) is 0 Å². The van der Waals surface area contributed by atoms with E-state index < -0.39 is 33.2 Å². The van der Waals surface area contributed by atoms with Gasteiger partial charge in [-0.25, -0.2) is 21.6 Å². The fraction of sp³-hybridized carbons (Fsp3) is 0.600. The average molecular weight is 364 g/mol. The fourth-order valence-electron chi connectivity index (χ4n) is 2.64. The maximum atomic E-state index is 13.6. The van der Waals surface area contributed by atoms with Gasteiger partial charge in [-0.3, -0.25) is 0 Å². The highest BCUT2D eigenvalue weighted by Gasteiger charge is 2.40. The van der Waals surface area contributed by atoms with E-state index in [1.165, 1.54) is 6.07 Å². The number of halogens is 3. The van der Waals surface area contributed by atoms with Crippen molar-refractivity contribution in [3.63, 3.8) is 0 Å². The maximum Gasteiger partial charge on any atom is 0.256 e. The maximum absolute atomic E-state index is 13.6. The van der Waals surface area contributed by atoms with Crippen molar-refractivity contribution in [2.75, 3.05) is 26.2 Å². The van der Waals surface area contributed by atoms with E-state index in [-0.39, 0.29) is 25.4 Å². The lowest BCUT2D eigenvalue weighted by atomic mass is 10.2. The average Bonchev–Trinajstić information content (AvgIpc) is 3.38. The first-order valence-electron chi connectivity index (χ1n) is 7.82. The summed E-state index contributed by atoms with van der Waals surface area (Å²) in [4.78, 5) is -0.393. The molecule has 1 aromatic rings. The molecule has 1 aliphatic carbocycles. The molecule has 0 spiro atoms. The molecule has 0 bridgehead atoms. The van der Waals surface area contributed by atoms with Crippen LogP contribution in [0.25, 0.3) is 0 Å². The lowest BCUT2D eigenvalue weighted by molar-refractivity contribution is 0.0512. The lowest BCUT2D eigenvalue weighted by Gasteiger charge is -2.34. The molecule has 9 heteroatoms. The summed E-state index contributed by atoms with van der Waals surface area (Å²) in [6, 6.07) is 1.69. The Balaban J connectivity index is 1.93. The SMILES string of the molecule is O=S(=O)(c1cc(F)ccc1OCC1CC1)N1CCNCC1C(F)F. The quantitative estimate of drug-likeness (QED) is 0.837. The molecule has 2 fully saturated rings. The van der Waals surface area contributed by atoms with E-state index in [9.17, 15) is 21.6 Å². The summed E-state index contributed by atoms with van der Waals surface area (Å²) in [5.74, 6) is -0.371. The van der Waals surface area contributed by atoms with Crippen molar-refractivity contribution in [1.82, 2.24) is 9.62 Å². The van der Waals surface area contributed by atoms with E-state index in [0.29, 0.717) is 12.5 Å². The number of alkyl halides is 2. The second kappa shape index (κ2) is 6.89. The van der Waals surface area contributed by atoms with Crippen molar-refractivity contribution in [3.05, 3.63) is 24.0 Å². The van der Waals surface area contributed by atoms with Crippen LogP contribution in [0.1, 0.15) is 12.8 Å². The van der Waals surface area contributed by atoms with Gasteiger partial charge in [-0.15, -0.1) is 0 Å². The van der Waals surface area contributed by atoms with Crippen LogP contribution in [0.5, 0.6) is 5.75 Å². The molecule has 0 amide bonds. The zero-order valence-electron chi connectivity index (χ0n) is 12.9. The predicted molar refractivity (Wildman–Crippen MR) is 81.2 cm³/mol. The minimum absolute atomic E-state index is 0.00912. The van der Waals surface area contributed by atoms with Crippen molar-refractivity contribution < 1.29 is 26.3 Å². The van der Waals surface area contributed by atoms with Gasteiger partial charge < -0.3 is 10.1 Å². The molecule has 0 radical (unpaired) electrons. The Morgan fingerprint density at radius 3 is 2.75 bits per heavy atom. The van der Waals surface area contributed by atoms with Crippen molar-refractivity contribution in [2.45, 2.75) is 30.2 Å². The molecule has 134 valence electrons. The van der Waals surface area contributed by atoms with Crippen molar-refractivity contribution in [1.29, 1.82) is 0 Å². The van der Waals surface area contributed by atoms with Crippen molar-refractivity contribution in [3.8, 4) is 5.75 Å². The van der Waals surface area contributed by atoms with Gasteiger partial charge in [0.2, 0.25) is 10.0 Å². The van der Waals surface area contributed by atoms with Gasteiger partial charge in [-0.05, 0) is 37.0 Å². The second-order valence-corrected chi connectivity index (χ2v) is 7.93. The highest BCUT2D eigenvalue weighted by Crippen LogP contribution is 2.33. The van der Waals surface area contributed by atoms with E-state index in [1.54, 1.807) is 0 Å². The Kier molecular flexibility index (Phi) is 5.03. The molecule has 1 atom stereocenters. The van der Waals surface area contributed by atoms with Gasteiger partial charge in [0, 0.05) is 19.6 Å². The smallest absolute Gasteiger partial charge is 0.256 e. The molecule has 1 aromatic carbocycles. The molecule has 1 saturated heterocycles. The Labute approximate surface area is 138 Å². The monoisotopic (exact) mass is 364 g/mol. The summed E-state index contributed by atoms with van der Waals surface area (Å²) >= 11 is 0. The van der Waals surface area contributed by atoms with Crippen LogP contribution in [-0.2, 0) is 10.0 Å². The molecule has 1 aliphatic heterocycles. The highest BCUT2D eigenvalue weighted by atomic mass is 32.2. The number of rotatable bonds is 6.